The molecule has 0 amide bonds. The predicted octanol–water partition coefficient (Wildman–Crippen LogP) is 5.54. The minimum Gasteiger partial charge on any atom is -0.303 e. The number of ketones is 1. The van der Waals surface area contributed by atoms with Crippen molar-refractivity contribution >= 4 is 29.8 Å². The van der Waals surface area contributed by atoms with E-state index in [0.717, 1.165) is 31.1 Å². The van der Waals surface area contributed by atoms with E-state index in [1.807, 2.05) is 19.1 Å². The van der Waals surface area contributed by atoms with Crippen LogP contribution in [0.15, 0.2) is 54.6 Å². The average molecular weight is 392 g/mol. The van der Waals surface area contributed by atoms with Crippen molar-refractivity contribution in [1.29, 1.82) is 0 Å². The Labute approximate surface area is 168 Å². The van der Waals surface area contributed by atoms with Gasteiger partial charge in [-0.25, -0.2) is 0 Å². The zero-order valence-corrected chi connectivity index (χ0v) is 16.8. The average Bonchev–Trinajstić information content (AvgIpc) is 2.64. The number of nitrogens with zero attached hydrogens (tertiary/aromatic N) is 1. The van der Waals surface area contributed by atoms with E-state index in [4.69, 9.17) is 11.6 Å². The molecule has 0 aliphatic carbocycles. The molecular formula is C22H27Cl2NO. The van der Waals surface area contributed by atoms with Crippen LogP contribution in [-0.2, 0) is 6.42 Å². The normalized spacial score (nSPS) is 16.7. The molecule has 1 fully saturated rings. The fourth-order valence-corrected chi connectivity index (χ4v) is 3.82. The third-order valence-electron chi connectivity index (χ3n) is 5.18. The molecule has 2 aromatic carbocycles. The highest BCUT2D eigenvalue weighted by Crippen LogP contribution is 2.23. The van der Waals surface area contributed by atoms with Gasteiger partial charge < -0.3 is 4.90 Å². The van der Waals surface area contributed by atoms with Gasteiger partial charge in [-0.15, -0.1) is 12.4 Å². The van der Waals surface area contributed by atoms with Gasteiger partial charge in [-0.3, -0.25) is 4.79 Å². The largest absolute Gasteiger partial charge is 0.303 e. The van der Waals surface area contributed by atoms with Crippen LogP contribution in [0.3, 0.4) is 0 Å². The maximum atomic E-state index is 12.6. The number of piperidine rings is 1. The fourth-order valence-electron chi connectivity index (χ4n) is 3.69. The van der Waals surface area contributed by atoms with Gasteiger partial charge in [0.25, 0.3) is 0 Å². The summed E-state index contributed by atoms with van der Waals surface area (Å²) >= 11 is 5.90. The second-order valence-electron chi connectivity index (χ2n) is 7.21. The predicted molar refractivity (Wildman–Crippen MR) is 112 cm³/mol. The third-order valence-corrected chi connectivity index (χ3v) is 5.43. The highest BCUT2D eigenvalue weighted by atomic mass is 35.5. The van der Waals surface area contributed by atoms with E-state index in [2.05, 4.69) is 35.2 Å². The van der Waals surface area contributed by atoms with Crippen molar-refractivity contribution in [3.8, 4) is 0 Å². The molecular weight excluding hydrogens is 365 g/mol. The van der Waals surface area contributed by atoms with Crippen molar-refractivity contribution in [2.24, 2.45) is 11.8 Å². The summed E-state index contributed by atoms with van der Waals surface area (Å²) in [4.78, 5) is 15.0. The molecule has 0 saturated carbocycles. The van der Waals surface area contributed by atoms with Gasteiger partial charge >= 0.3 is 0 Å². The van der Waals surface area contributed by atoms with Crippen LogP contribution in [0.25, 0.3) is 0 Å². The highest BCUT2D eigenvalue weighted by molar-refractivity contribution is 6.30. The zero-order chi connectivity index (χ0) is 17.6. The topological polar surface area (TPSA) is 20.3 Å². The van der Waals surface area contributed by atoms with Gasteiger partial charge in [0.15, 0.2) is 5.78 Å². The Morgan fingerprint density at radius 1 is 1.08 bits per heavy atom. The minimum absolute atomic E-state index is 0. The summed E-state index contributed by atoms with van der Waals surface area (Å²) in [6.45, 7) is 5.07. The summed E-state index contributed by atoms with van der Waals surface area (Å²) in [6.07, 6.45) is 3.61. The summed E-state index contributed by atoms with van der Waals surface area (Å²) in [7, 11) is 0. The molecule has 1 atom stereocenters. The first kappa shape index (κ1) is 21.0. The van der Waals surface area contributed by atoms with Gasteiger partial charge in [0.2, 0.25) is 0 Å². The van der Waals surface area contributed by atoms with E-state index in [1.54, 1.807) is 12.1 Å². The number of carbonyl (C=O) groups is 1. The number of carbonyl (C=O) groups excluding carboxylic acids is 1. The first-order valence-corrected chi connectivity index (χ1v) is 9.55. The Bertz CT molecular complexity index is 679. The summed E-state index contributed by atoms with van der Waals surface area (Å²) < 4.78 is 0. The van der Waals surface area contributed by atoms with Crippen molar-refractivity contribution in [3.63, 3.8) is 0 Å². The van der Waals surface area contributed by atoms with Gasteiger partial charge in [-0.05, 0) is 68.1 Å². The molecule has 0 N–H and O–H groups in total. The molecule has 26 heavy (non-hydrogen) atoms. The molecule has 1 saturated heterocycles. The van der Waals surface area contributed by atoms with Gasteiger partial charge in [0, 0.05) is 23.0 Å². The van der Waals surface area contributed by atoms with Crippen molar-refractivity contribution in [2.75, 3.05) is 19.6 Å². The Balaban J connectivity index is 0.00000243. The number of halogens is 2. The van der Waals surface area contributed by atoms with Crippen molar-refractivity contribution in [2.45, 2.75) is 26.2 Å². The van der Waals surface area contributed by atoms with Crippen LogP contribution in [0, 0.1) is 11.8 Å². The molecule has 2 aromatic rings. The number of Topliss-reactive ketones (excluding diaryl/α,β-unsaturated/α-hetero) is 1. The van der Waals surface area contributed by atoms with E-state index in [0.29, 0.717) is 5.02 Å². The monoisotopic (exact) mass is 391 g/mol. The fraction of sp³-hybridized carbons (Fsp3) is 0.409. The summed E-state index contributed by atoms with van der Waals surface area (Å²) in [6, 6.07) is 18.0. The molecule has 0 spiro atoms. The van der Waals surface area contributed by atoms with Gasteiger partial charge in [-0.1, -0.05) is 48.9 Å². The number of hydrogen-bond acceptors (Lipinski definition) is 2. The van der Waals surface area contributed by atoms with E-state index in [9.17, 15) is 4.79 Å². The van der Waals surface area contributed by atoms with Crippen LogP contribution in [-0.4, -0.2) is 30.3 Å². The lowest BCUT2D eigenvalue weighted by atomic mass is 9.89. The van der Waals surface area contributed by atoms with Crippen LogP contribution >= 0.6 is 24.0 Å². The minimum atomic E-state index is 0. The molecule has 1 aliphatic heterocycles. The zero-order valence-electron chi connectivity index (χ0n) is 15.2. The molecule has 140 valence electrons. The summed E-state index contributed by atoms with van der Waals surface area (Å²) in [5, 5.41) is 0.671. The van der Waals surface area contributed by atoms with Crippen LogP contribution < -0.4 is 0 Å². The lowest BCUT2D eigenvalue weighted by Crippen LogP contribution is -2.38. The Morgan fingerprint density at radius 3 is 2.31 bits per heavy atom. The molecule has 3 rings (SSSR count). The van der Waals surface area contributed by atoms with Crippen molar-refractivity contribution < 1.29 is 4.79 Å². The maximum Gasteiger partial charge on any atom is 0.166 e. The van der Waals surface area contributed by atoms with E-state index < -0.39 is 0 Å². The Hall–Kier alpha value is -1.35. The smallest absolute Gasteiger partial charge is 0.166 e. The standard InChI is InChI=1S/C22H26ClNO.ClH/c1-17(22(25)20-7-9-21(23)10-8-20)16-24-13-11-19(12-14-24)15-18-5-3-2-4-6-18;/h2-10,17,19H,11-16H2,1H3;1H. The number of benzene rings is 2. The molecule has 1 unspecified atom stereocenters. The van der Waals surface area contributed by atoms with Crippen molar-refractivity contribution in [3.05, 3.63) is 70.7 Å². The SMILES string of the molecule is CC(CN1CCC(Cc2ccccc2)CC1)C(=O)c1ccc(Cl)cc1.Cl. The Morgan fingerprint density at radius 2 is 1.69 bits per heavy atom. The second kappa shape index (κ2) is 10.1. The Kier molecular flexibility index (Phi) is 8.15. The van der Waals surface area contributed by atoms with Gasteiger partial charge in [-0.2, -0.15) is 0 Å². The molecule has 1 aliphatic rings. The van der Waals surface area contributed by atoms with Gasteiger partial charge in [0.05, 0.1) is 0 Å². The van der Waals surface area contributed by atoms with E-state index in [-0.39, 0.29) is 24.1 Å². The molecule has 0 aromatic heterocycles. The molecule has 4 heteroatoms. The summed E-state index contributed by atoms with van der Waals surface area (Å²) in [5.74, 6) is 0.996. The lowest BCUT2D eigenvalue weighted by molar-refractivity contribution is 0.0869. The molecule has 0 bridgehead atoms. The molecule has 2 nitrogen and oxygen atoms in total. The second-order valence-corrected chi connectivity index (χ2v) is 7.64. The van der Waals surface area contributed by atoms with Crippen molar-refractivity contribution in [1.82, 2.24) is 4.90 Å². The first-order valence-electron chi connectivity index (χ1n) is 9.18. The van der Waals surface area contributed by atoms with E-state index in [1.165, 1.54) is 24.8 Å². The quantitative estimate of drug-likeness (QED) is 0.602. The van der Waals surface area contributed by atoms with Crippen LogP contribution in [0.5, 0.6) is 0 Å². The van der Waals surface area contributed by atoms with Crippen LogP contribution in [0.1, 0.15) is 35.7 Å². The molecule has 1 heterocycles. The van der Waals surface area contributed by atoms with E-state index >= 15 is 0 Å². The lowest BCUT2D eigenvalue weighted by Gasteiger charge is -2.33. The highest BCUT2D eigenvalue weighted by Gasteiger charge is 2.23. The number of hydrogen-bond donors (Lipinski definition) is 0. The third kappa shape index (κ3) is 5.84. The first-order chi connectivity index (χ1) is 12.1. The van der Waals surface area contributed by atoms with Crippen LogP contribution in [0.2, 0.25) is 5.02 Å². The summed E-state index contributed by atoms with van der Waals surface area (Å²) in [5.41, 5.74) is 2.20. The number of likely N-dealkylation sites (tertiary alicyclic amines) is 1. The maximum absolute atomic E-state index is 12.6. The molecule has 0 radical (unpaired) electrons. The number of rotatable bonds is 6. The van der Waals surface area contributed by atoms with Crippen LogP contribution in [0.4, 0.5) is 0 Å². The van der Waals surface area contributed by atoms with Gasteiger partial charge in [0.1, 0.15) is 0 Å².